The first-order chi connectivity index (χ1) is 8.74. The van der Waals surface area contributed by atoms with Crippen LogP contribution in [0, 0.1) is 5.92 Å². The number of nitrogens with zero attached hydrogens (tertiary/aromatic N) is 1. The molecule has 2 heterocycles. The molecule has 2 aliphatic heterocycles. The maximum Gasteiger partial charge on any atom is 0.228 e. The van der Waals surface area contributed by atoms with Crippen LogP contribution in [0.2, 0.25) is 0 Å². The molecule has 0 radical (unpaired) electrons. The highest BCUT2D eigenvalue weighted by Gasteiger charge is 2.43. The maximum atomic E-state index is 12.5. The van der Waals surface area contributed by atoms with E-state index in [0.717, 1.165) is 12.8 Å². The normalized spacial score (nSPS) is 33.9. The highest BCUT2D eigenvalue weighted by molar-refractivity contribution is 7.92. The zero-order valence-corrected chi connectivity index (χ0v) is 12.7. The lowest BCUT2D eigenvalue weighted by Crippen LogP contribution is -2.56. The van der Waals surface area contributed by atoms with Gasteiger partial charge in [0.1, 0.15) is 0 Å². The molecule has 0 bridgehead atoms. The molecule has 0 aromatic carbocycles. The summed E-state index contributed by atoms with van der Waals surface area (Å²) in [6.45, 7) is 6.63. The van der Waals surface area contributed by atoms with Crippen molar-refractivity contribution in [3.8, 4) is 0 Å². The summed E-state index contributed by atoms with van der Waals surface area (Å²) in [6, 6.07) is 0. The fourth-order valence-electron chi connectivity index (χ4n) is 2.81. The molecule has 6 heteroatoms. The van der Waals surface area contributed by atoms with Crippen LogP contribution in [-0.2, 0) is 19.4 Å². The van der Waals surface area contributed by atoms with Crippen molar-refractivity contribution in [1.29, 1.82) is 0 Å². The molecule has 2 aliphatic rings. The van der Waals surface area contributed by atoms with Gasteiger partial charge in [-0.2, -0.15) is 0 Å². The van der Waals surface area contributed by atoms with Gasteiger partial charge >= 0.3 is 0 Å². The van der Waals surface area contributed by atoms with Crippen LogP contribution in [0.1, 0.15) is 33.6 Å². The molecule has 2 rings (SSSR count). The summed E-state index contributed by atoms with van der Waals surface area (Å²) in [4.78, 5) is 14.2. The van der Waals surface area contributed by atoms with Gasteiger partial charge in [-0.1, -0.05) is 0 Å². The molecule has 110 valence electrons. The summed E-state index contributed by atoms with van der Waals surface area (Å²) in [5, 5.41) is 0. The molecule has 0 saturated carbocycles. The molecule has 5 nitrogen and oxygen atoms in total. The summed E-state index contributed by atoms with van der Waals surface area (Å²) in [6.07, 6.45) is 1.67. The van der Waals surface area contributed by atoms with E-state index < -0.39 is 14.6 Å². The van der Waals surface area contributed by atoms with Crippen LogP contribution in [-0.4, -0.2) is 55.5 Å². The standard InChI is InChI=1S/C13H23NO4S/c1-10-11(5-4-7-18-10)12(15)14-6-8-19(16,17)13(2,3)9-14/h10-11H,4-9H2,1-3H3. The summed E-state index contributed by atoms with van der Waals surface area (Å²) in [7, 11) is -3.10. The Kier molecular flexibility index (Phi) is 3.93. The average molecular weight is 289 g/mol. The third kappa shape index (κ3) is 2.79. The molecule has 2 saturated heterocycles. The highest BCUT2D eigenvalue weighted by atomic mass is 32.2. The SMILES string of the molecule is CC1OCCCC1C(=O)N1CCS(=O)(=O)C(C)(C)C1. The number of sulfone groups is 1. The van der Waals surface area contributed by atoms with Crippen LogP contribution in [0.5, 0.6) is 0 Å². The van der Waals surface area contributed by atoms with Crippen LogP contribution < -0.4 is 0 Å². The van der Waals surface area contributed by atoms with E-state index in [4.69, 9.17) is 4.74 Å². The van der Waals surface area contributed by atoms with Gasteiger partial charge in [-0.15, -0.1) is 0 Å². The molecule has 0 N–H and O–H groups in total. The second-order valence-corrected chi connectivity index (χ2v) is 8.91. The third-order valence-corrected chi connectivity index (χ3v) is 6.81. The first-order valence-corrected chi connectivity index (χ1v) is 8.52. The van der Waals surface area contributed by atoms with Gasteiger partial charge in [0.05, 0.1) is 22.5 Å². The van der Waals surface area contributed by atoms with Crippen molar-refractivity contribution in [3.05, 3.63) is 0 Å². The first-order valence-electron chi connectivity index (χ1n) is 6.87. The Morgan fingerprint density at radius 3 is 2.63 bits per heavy atom. The Morgan fingerprint density at radius 2 is 2.05 bits per heavy atom. The minimum atomic E-state index is -3.10. The number of amides is 1. The average Bonchev–Trinajstić information content (AvgIpc) is 2.32. The highest BCUT2D eigenvalue weighted by Crippen LogP contribution is 2.28. The number of hydrogen-bond acceptors (Lipinski definition) is 4. The molecule has 2 unspecified atom stereocenters. The van der Waals surface area contributed by atoms with Crippen molar-refractivity contribution in [2.75, 3.05) is 25.4 Å². The van der Waals surface area contributed by atoms with Gasteiger partial charge in [0.2, 0.25) is 5.91 Å². The molecule has 2 fully saturated rings. The first kappa shape index (κ1) is 14.8. The zero-order chi connectivity index (χ0) is 14.3. The van der Waals surface area contributed by atoms with E-state index in [1.165, 1.54) is 0 Å². The van der Waals surface area contributed by atoms with E-state index in [0.29, 0.717) is 13.2 Å². The van der Waals surface area contributed by atoms with Gasteiger partial charge in [-0.3, -0.25) is 4.79 Å². The fourth-order valence-corrected chi connectivity index (χ4v) is 4.18. The van der Waals surface area contributed by atoms with Gasteiger partial charge in [0, 0.05) is 19.7 Å². The monoisotopic (exact) mass is 289 g/mol. The van der Waals surface area contributed by atoms with E-state index in [1.54, 1.807) is 18.7 Å². The summed E-state index contributed by atoms with van der Waals surface area (Å²) in [5.74, 6) is -0.00576. The van der Waals surface area contributed by atoms with Crippen molar-refractivity contribution in [2.24, 2.45) is 5.92 Å². The maximum absolute atomic E-state index is 12.5. The summed E-state index contributed by atoms with van der Waals surface area (Å²) >= 11 is 0. The lowest BCUT2D eigenvalue weighted by atomic mass is 9.93. The Balaban J connectivity index is 2.09. The minimum absolute atomic E-state index is 0.0511. The van der Waals surface area contributed by atoms with Gasteiger partial charge in [-0.25, -0.2) is 8.42 Å². The van der Waals surface area contributed by atoms with E-state index in [2.05, 4.69) is 0 Å². The van der Waals surface area contributed by atoms with Crippen molar-refractivity contribution in [2.45, 2.75) is 44.5 Å². The van der Waals surface area contributed by atoms with E-state index in [1.807, 2.05) is 6.92 Å². The smallest absolute Gasteiger partial charge is 0.228 e. The second kappa shape index (κ2) is 5.05. The molecule has 1 amide bonds. The van der Waals surface area contributed by atoms with Crippen molar-refractivity contribution >= 4 is 15.7 Å². The van der Waals surface area contributed by atoms with Crippen molar-refractivity contribution < 1.29 is 17.9 Å². The van der Waals surface area contributed by atoms with Gasteiger partial charge in [0.25, 0.3) is 0 Å². The molecule has 2 atom stereocenters. The quantitative estimate of drug-likeness (QED) is 0.717. The fraction of sp³-hybridized carbons (Fsp3) is 0.923. The molecule has 0 spiro atoms. The molecule has 0 aliphatic carbocycles. The van der Waals surface area contributed by atoms with Crippen LogP contribution in [0.3, 0.4) is 0 Å². The third-order valence-electron chi connectivity index (χ3n) is 4.28. The van der Waals surface area contributed by atoms with E-state index in [-0.39, 0.29) is 30.2 Å². The van der Waals surface area contributed by atoms with Crippen LogP contribution in [0.15, 0.2) is 0 Å². The second-order valence-electron chi connectivity index (χ2n) is 6.16. The minimum Gasteiger partial charge on any atom is -0.378 e. The lowest BCUT2D eigenvalue weighted by molar-refractivity contribution is -0.144. The van der Waals surface area contributed by atoms with Gasteiger partial charge in [0.15, 0.2) is 9.84 Å². The molecular weight excluding hydrogens is 266 g/mol. The van der Waals surface area contributed by atoms with E-state index >= 15 is 0 Å². The Hall–Kier alpha value is -0.620. The Bertz CT molecular complexity index is 457. The van der Waals surface area contributed by atoms with E-state index in [9.17, 15) is 13.2 Å². The number of rotatable bonds is 1. The number of ether oxygens (including phenoxy) is 1. The van der Waals surface area contributed by atoms with Gasteiger partial charge < -0.3 is 9.64 Å². The number of carbonyl (C=O) groups is 1. The van der Waals surface area contributed by atoms with Crippen LogP contribution in [0.25, 0.3) is 0 Å². The topological polar surface area (TPSA) is 63.7 Å². The molecule has 19 heavy (non-hydrogen) atoms. The molecule has 0 aromatic rings. The van der Waals surface area contributed by atoms with Crippen LogP contribution >= 0.6 is 0 Å². The summed E-state index contributed by atoms with van der Waals surface area (Å²) < 4.78 is 28.6. The largest absolute Gasteiger partial charge is 0.378 e. The van der Waals surface area contributed by atoms with Gasteiger partial charge in [-0.05, 0) is 33.6 Å². The zero-order valence-electron chi connectivity index (χ0n) is 11.9. The van der Waals surface area contributed by atoms with Crippen LogP contribution in [0.4, 0.5) is 0 Å². The predicted molar refractivity (Wildman–Crippen MR) is 72.6 cm³/mol. The number of carbonyl (C=O) groups excluding carboxylic acids is 1. The number of hydrogen-bond donors (Lipinski definition) is 0. The van der Waals surface area contributed by atoms with Crippen molar-refractivity contribution in [1.82, 2.24) is 4.90 Å². The van der Waals surface area contributed by atoms with Crippen molar-refractivity contribution in [3.63, 3.8) is 0 Å². The molecule has 0 aromatic heterocycles. The Morgan fingerprint density at radius 1 is 1.37 bits per heavy atom. The lowest BCUT2D eigenvalue weighted by Gasteiger charge is -2.40. The molecular formula is C13H23NO4S. The predicted octanol–water partition coefficient (Wildman–Crippen LogP) is 0.837. The Labute approximate surface area is 115 Å². The summed E-state index contributed by atoms with van der Waals surface area (Å²) in [5.41, 5.74) is 0.